The topological polar surface area (TPSA) is 62.9 Å². The summed E-state index contributed by atoms with van der Waals surface area (Å²) >= 11 is 0. The zero-order chi connectivity index (χ0) is 16.7. The van der Waals surface area contributed by atoms with Crippen LogP contribution in [0.3, 0.4) is 0 Å². The van der Waals surface area contributed by atoms with Gasteiger partial charge in [-0.05, 0) is 31.7 Å². The predicted octanol–water partition coefficient (Wildman–Crippen LogP) is 2.40. The molecule has 1 N–H and O–H groups in total. The fourth-order valence-corrected chi connectivity index (χ4v) is 2.50. The molecule has 1 aromatic carbocycles. The first kappa shape index (κ1) is 17.2. The predicted molar refractivity (Wildman–Crippen MR) is 86.9 cm³/mol. The Bertz CT molecular complexity index is 597. The number of benzene rings is 1. The molecule has 0 amide bonds. The van der Waals surface area contributed by atoms with Crippen LogP contribution < -0.4 is 0 Å². The highest BCUT2D eigenvalue weighted by molar-refractivity contribution is 5.71. The van der Waals surface area contributed by atoms with E-state index in [4.69, 9.17) is 9.15 Å². The highest BCUT2D eigenvalue weighted by Crippen LogP contribution is 2.33. The third-order valence-corrected chi connectivity index (χ3v) is 3.74. The molecule has 0 spiro atoms. The van der Waals surface area contributed by atoms with Gasteiger partial charge in [0.25, 0.3) is 0 Å². The Morgan fingerprint density at radius 3 is 2.61 bits per heavy atom. The number of rotatable bonds is 8. The lowest BCUT2D eigenvalue weighted by molar-refractivity contribution is -0.144. The van der Waals surface area contributed by atoms with Crippen LogP contribution in [0.5, 0.6) is 0 Å². The minimum atomic E-state index is -1.23. The number of likely N-dealkylation sites (N-methyl/N-ethyl adjacent to an activating group) is 1. The fraction of sp³-hybridized carbons (Fsp3) is 0.389. The van der Waals surface area contributed by atoms with Crippen LogP contribution in [0.1, 0.15) is 24.7 Å². The molecule has 5 heteroatoms. The maximum Gasteiger partial charge on any atom is 0.320 e. The zero-order valence-corrected chi connectivity index (χ0v) is 13.6. The van der Waals surface area contributed by atoms with Crippen molar-refractivity contribution in [2.45, 2.75) is 18.9 Å². The minimum Gasteiger partial charge on any atom is -0.466 e. The first-order valence-corrected chi connectivity index (χ1v) is 7.72. The Balaban J connectivity index is 2.09. The van der Waals surface area contributed by atoms with Gasteiger partial charge in [-0.25, -0.2) is 0 Å². The molecule has 1 aromatic heterocycles. The first-order chi connectivity index (χ1) is 11.1. The van der Waals surface area contributed by atoms with Gasteiger partial charge in [-0.2, -0.15) is 0 Å². The second-order valence-corrected chi connectivity index (χ2v) is 5.50. The number of furan rings is 1. The minimum absolute atomic E-state index is 0.191. The van der Waals surface area contributed by atoms with E-state index in [1.165, 1.54) is 0 Å². The zero-order valence-electron chi connectivity index (χ0n) is 13.6. The lowest BCUT2D eigenvalue weighted by atomic mass is 9.88. The summed E-state index contributed by atoms with van der Waals surface area (Å²) in [6, 6.07) is 12.9. The van der Waals surface area contributed by atoms with Crippen LogP contribution in [0.2, 0.25) is 0 Å². The molecule has 0 aliphatic carbocycles. The molecule has 5 nitrogen and oxygen atoms in total. The summed E-state index contributed by atoms with van der Waals surface area (Å²) in [5, 5.41) is 11.2. The molecular formula is C18H23NO4. The SMILES string of the molecule is CCOC(=O)CN(C)CCC(O)(c1ccccc1)c1ccco1. The summed E-state index contributed by atoms with van der Waals surface area (Å²) < 4.78 is 10.4. The quantitative estimate of drug-likeness (QED) is 0.758. The van der Waals surface area contributed by atoms with Gasteiger partial charge in [-0.1, -0.05) is 30.3 Å². The van der Waals surface area contributed by atoms with Crippen molar-refractivity contribution in [3.8, 4) is 0 Å². The van der Waals surface area contributed by atoms with Gasteiger partial charge < -0.3 is 14.3 Å². The largest absolute Gasteiger partial charge is 0.466 e. The monoisotopic (exact) mass is 317 g/mol. The van der Waals surface area contributed by atoms with E-state index in [0.29, 0.717) is 25.3 Å². The van der Waals surface area contributed by atoms with Gasteiger partial charge in [0, 0.05) is 13.0 Å². The van der Waals surface area contributed by atoms with Gasteiger partial charge in [-0.3, -0.25) is 9.69 Å². The molecule has 0 fully saturated rings. The van der Waals surface area contributed by atoms with E-state index in [-0.39, 0.29) is 12.5 Å². The van der Waals surface area contributed by atoms with Gasteiger partial charge in [0.15, 0.2) is 0 Å². The molecule has 0 saturated heterocycles. The molecule has 23 heavy (non-hydrogen) atoms. The van der Waals surface area contributed by atoms with Crippen molar-refractivity contribution in [1.29, 1.82) is 0 Å². The standard InChI is InChI=1S/C18H23NO4/c1-3-22-17(20)14-19(2)12-11-18(21,16-10-7-13-23-16)15-8-5-4-6-9-15/h4-10,13,21H,3,11-12,14H2,1-2H3. The summed E-state index contributed by atoms with van der Waals surface area (Å²) in [6.45, 7) is 2.86. The van der Waals surface area contributed by atoms with Crippen molar-refractivity contribution in [3.05, 3.63) is 60.1 Å². The maximum atomic E-state index is 11.5. The number of ether oxygens (including phenoxy) is 1. The smallest absolute Gasteiger partial charge is 0.320 e. The molecule has 2 aromatic rings. The number of carbonyl (C=O) groups is 1. The van der Waals surface area contributed by atoms with E-state index >= 15 is 0 Å². The Morgan fingerprint density at radius 2 is 2.00 bits per heavy atom. The van der Waals surface area contributed by atoms with Crippen molar-refractivity contribution in [1.82, 2.24) is 4.90 Å². The van der Waals surface area contributed by atoms with Gasteiger partial charge in [0.05, 0.1) is 19.4 Å². The van der Waals surface area contributed by atoms with Crippen LogP contribution in [0.15, 0.2) is 53.1 Å². The van der Waals surface area contributed by atoms with Crippen LogP contribution in [0.25, 0.3) is 0 Å². The Morgan fingerprint density at radius 1 is 1.26 bits per heavy atom. The molecule has 0 bridgehead atoms. The molecule has 1 unspecified atom stereocenters. The van der Waals surface area contributed by atoms with E-state index in [0.717, 1.165) is 5.56 Å². The molecule has 0 radical (unpaired) electrons. The first-order valence-electron chi connectivity index (χ1n) is 7.72. The number of esters is 1. The van der Waals surface area contributed by atoms with Crippen molar-refractivity contribution in [3.63, 3.8) is 0 Å². The molecule has 0 saturated carbocycles. The summed E-state index contributed by atoms with van der Waals surface area (Å²) in [4.78, 5) is 13.4. The summed E-state index contributed by atoms with van der Waals surface area (Å²) in [6.07, 6.45) is 1.95. The van der Waals surface area contributed by atoms with E-state index in [2.05, 4.69) is 0 Å². The van der Waals surface area contributed by atoms with Crippen molar-refractivity contribution < 1.29 is 19.1 Å². The molecule has 1 atom stereocenters. The van der Waals surface area contributed by atoms with Crippen molar-refractivity contribution >= 4 is 5.97 Å². The second-order valence-electron chi connectivity index (χ2n) is 5.50. The lowest BCUT2D eigenvalue weighted by Crippen LogP contribution is -2.35. The molecular weight excluding hydrogens is 294 g/mol. The number of nitrogens with zero attached hydrogens (tertiary/aromatic N) is 1. The molecule has 0 aliphatic heterocycles. The highest BCUT2D eigenvalue weighted by Gasteiger charge is 2.34. The van der Waals surface area contributed by atoms with Gasteiger partial charge in [0.1, 0.15) is 11.4 Å². The lowest BCUT2D eigenvalue weighted by Gasteiger charge is -2.28. The van der Waals surface area contributed by atoms with Crippen molar-refractivity contribution in [2.75, 3.05) is 26.7 Å². The van der Waals surface area contributed by atoms with E-state index in [1.54, 1.807) is 25.3 Å². The molecule has 2 rings (SSSR count). The Labute approximate surface area is 136 Å². The Hall–Kier alpha value is -2.11. The molecule has 0 aliphatic rings. The molecule has 124 valence electrons. The third kappa shape index (κ3) is 4.43. The summed E-state index contributed by atoms with van der Waals surface area (Å²) in [7, 11) is 1.82. The number of aliphatic hydroxyl groups is 1. The van der Waals surface area contributed by atoms with E-state index in [9.17, 15) is 9.90 Å². The average molecular weight is 317 g/mol. The van der Waals surface area contributed by atoms with Crippen LogP contribution in [-0.4, -0.2) is 42.7 Å². The normalized spacial score (nSPS) is 13.7. The van der Waals surface area contributed by atoms with E-state index in [1.807, 2.05) is 42.3 Å². The van der Waals surface area contributed by atoms with Gasteiger partial charge in [0.2, 0.25) is 0 Å². The van der Waals surface area contributed by atoms with Crippen LogP contribution in [0.4, 0.5) is 0 Å². The highest BCUT2D eigenvalue weighted by atomic mass is 16.5. The van der Waals surface area contributed by atoms with Crippen LogP contribution in [-0.2, 0) is 15.1 Å². The third-order valence-electron chi connectivity index (χ3n) is 3.74. The van der Waals surface area contributed by atoms with Crippen LogP contribution >= 0.6 is 0 Å². The summed E-state index contributed by atoms with van der Waals surface area (Å²) in [5.41, 5.74) is -0.465. The molecule has 1 heterocycles. The average Bonchev–Trinajstić information content (AvgIpc) is 3.09. The van der Waals surface area contributed by atoms with Gasteiger partial charge in [-0.15, -0.1) is 0 Å². The number of hydrogen-bond donors (Lipinski definition) is 1. The van der Waals surface area contributed by atoms with E-state index < -0.39 is 5.60 Å². The second kappa shape index (κ2) is 7.94. The summed E-state index contributed by atoms with van der Waals surface area (Å²) in [5.74, 6) is 0.226. The fourth-order valence-electron chi connectivity index (χ4n) is 2.50. The van der Waals surface area contributed by atoms with Crippen LogP contribution in [0, 0.1) is 0 Å². The number of carbonyl (C=O) groups excluding carboxylic acids is 1. The van der Waals surface area contributed by atoms with Gasteiger partial charge >= 0.3 is 5.97 Å². The Kier molecular flexibility index (Phi) is 5.96. The number of hydrogen-bond acceptors (Lipinski definition) is 5. The van der Waals surface area contributed by atoms with Crippen molar-refractivity contribution in [2.24, 2.45) is 0 Å². The maximum absolute atomic E-state index is 11.5.